The fourth-order valence-corrected chi connectivity index (χ4v) is 1.52. The van der Waals surface area contributed by atoms with E-state index in [0.717, 1.165) is 0 Å². The number of rotatable bonds is 5. The molecule has 0 N–H and O–H groups in total. The van der Waals surface area contributed by atoms with Crippen molar-refractivity contribution in [1.82, 2.24) is 0 Å². The van der Waals surface area contributed by atoms with Crippen molar-refractivity contribution in [3.8, 4) is 0 Å². The Morgan fingerprint density at radius 1 is 1.14 bits per heavy atom. The van der Waals surface area contributed by atoms with Gasteiger partial charge in [-0.2, -0.15) is 0 Å². The third-order valence-electron chi connectivity index (χ3n) is 2.42. The summed E-state index contributed by atoms with van der Waals surface area (Å²) in [6.45, 7) is 5.59. The zero-order valence-corrected chi connectivity index (χ0v) is 9.17. The lowest BCUT2D eigenvalue weighted by Gasteiger charge is -1.99. The van der Waals surface area contributed by atoms with Gasteiger partial charge in [0, 0.05) is 25.5 Å². The minimum Gasteiger partial charge on any atom is -1.00 e. The molecule has 1 heterocycles. The molecular formula is C12H20FN. The number of pyridine rings is 1. The fourth-order valence-electron chi connectivity index (χ4n) is 1.52. The normalized spacial score (nSPS) is 9.57. The van der Waals surface area contributed by atoms with E-state index in [9.17, 15) is 0 Å². The van der Waals surface area contributed by atoms with E-state index in [1.54, 1.807) is 0 Å². The lowest BCUT2D eigenvalue weighted by atomic mass is 10.2. The quantitative estimate of drug-likeness (QED) is 0.457. The van der Waals surface area contributed by atoms with Gasteiger partial charge >= 0.3 is 0 Å². The van der Waals surface area contributed by atoms with Crippen LogP contribution in [0.5, 0.6) is 0 Å². The van der Waals surface area contributed by atoms with Gasteiger partial charge in [0.05, 0.1) is 0 Å². The second-order valence-electron chi connectivity index (χ2n) is 3.60. The minimum atomic E-state index is 0. The van der Waals surface area contributed by atoms with Gasteiger partial charge in [0.1, 0.15) is 6.54 Å². The van der Waals surface area contributed by atoms with E-state index in [2.05, 4.69) is 42.8 Å². The third kappa shape index (κ3) is 4.35. The lowest BCUT2D eigenvalue weighted by molar-refractivity contribution is -0.703. The van der Waals surface area contributed by atoms with Crippen LogP contribution in [0, 0.1) is 6.92 Å². The van der Waals surface area contributed by atoms with Crippen LogP contribution < -0.4 is 9.27 Å². The van der Waals surface area contributed by atoms with Gasteiger partial charge in [0.25, 0.3) is 0 Å². The molecule has 0 aliphatic heterocycles. The monoisotopic (exact) mass is 197 g/mol. The highest BCUT2D eigenvalue weighted by molar-refractivity contribution is 4.93. The molecule has 0 amide bonds. The number of aryl methyl sites for hydroxylation is 2. The van der Waals surface area contributed by atoms with Crippen molar-refractivity contribution >= 4 is 0 Å². The molecule has 14 heavy (non-hydrogen) atoms. The van der Waals surface area contributed by atoms with Gasteiger partial charge < -0.3 is 4.70 Å². The van der Waals surface area contributed by atoms with Crippen LogP contribution in [0.1, 0.15) is 38.3 Å². The van der Waals surface area contributed by atoms with Crippen LogP contribution in [0.2, 0.25) is 0 Å². The molecule has 1 aromatic heterocycles. The Hall–Kier alpha value is -0.920. The van der Waals surface area contributed by atoms with Crippen molar-refractivity contribution in [2.45, 2.75) is 46.1 Å². The van der Waals surface area contributed by atoms with E-state index >= 15 is 0 Å². The molecule has 1 aromatic rings. The van der Waals surface area contributed by atoms with Crippen molar-refractivity contribution in [1.29, 1.82) is 0 Å². The summed E-state index contributed by atoms with van der Waals surface area (Å²) in [5.41, 5.74) is 1.36. The zero-order chi connectivity index (χ0) is 9.52. The molecular weight excluding hydrogens is 177 g/mol. The maximum absolute atomic E-state index is 2.33. The lowest BCUT2D eigenvalue weighted by Crippen LogP contribution is -3.00. The topological polar surface area (TPSA) is 3.88 Å². The van der Waals surface area contributed by atoms with Gasteiger partial charge in [-0.15, -0.1) is 0 Å². The molecule has 0 saturated carbocycles. The first-order valence-corrected chi connectivity index (χ1v) is 5.29. The Labute approximate surface area is 86.1 Å². The molecule has 0 spiro atoms. The Morgan fingerprint density at radius 2 is 1.93 bits per heavy atom. The van der Waals surface area contributed by atoms with E-state index in [1.807, 2.05) is 0 Å². The summed E-state index contributed by atoms with van der Waals surface area (Å²) >= 11 is 0. The maximum Gasteiger partial charge on any atom is 0.178 e. The average molecular weight is 197 g/mol. The first-order chi connectivity index (χ1) is 6.34. The summed E-state index contributed by atoms with van der Waals surface area (Å²) in [4.78, 5) is 0. The molecule has 0 bridgehead atoms. The standard InChI is InChI=1S/C12H20N.FH/c1-3-4-5-7-10-13-11-8-6-9-12(13)2;/h6,8-9,11H,3-5,7,10H2,1-2H3;1H/q+1;/p-1. The average Bonchev–Trinajstić information content (AvgIpc) is 2.15. The Kier molecular flexibility index (Phi) is 6.99. The van der Waals surface area contributed by atoms with Gasteiger partial charge in [-0.05, 0) is 6.42 Å². The molecule has 0 saturated heterocycles. The Morgan fingerprint density at radius 3 is 2.57 bits per heavy atom. The van der Waals surface area contributed by atoms with Gasteiger partial charge in [-0.25, -0.2) is 4.57 Å². The number of nitrogens with zero attached hydrogens (tertiary/aromatic N) is 1. The number of halogens is 1. The van der Waals surface area contributed by atoms with Crippen molar-refractivity contribution in [2.24, 2.45) is 0 Å². The molecule has 2 heteroatoms. The van der Waals surface area contributed by atoms with Gasteiger partial charge in [-0.1, -0.05) is 25.8 Å². The summed E-state index contributed by atoms with van der Waals surface area (Å²) in [5, 5.41) is 0. The predicted molar refractivity (Wildman–Crippen MR) is 55.5 cm³/mol. The number of unbranched alkanes of at least 4 members (excludes halogenated alkanes) is 3. The second kappa shape index (κ2) is 7.48. The van der Waals surface area contributed by atoms with Crippen molar-refractivity contribution < 1.29 is 9.27 Å². The molecule has 1 rings (SSSR count). The second-order valence-corrected chi connectivity index (χ2v) is 3.60. The van der Waals surface area contributed by atoms with Crippen molar-refractivity contribution in [3.05, 3.63) is 30.1 Å². The van der Waals surface area contributed by atoms with E-state index in [-0.39, 0.29) is 4.70 Å². The SMILES string of the molecule is CCCCCC[n+]1ccccc1C.[F-]. The van der Waals surface area contributed by atoms with Gasteiger partial charge in [0.2, 0.25) is 0 Å². The van der Waals surface area contributed by atoms with Gasteiger partial charge in [-0.3, -0.25) is 0 Å². The molecule has 80 valence electrons. The van der Waals surface area contributed by atoms with Crippen molar-refractivity contribution in [3.63, 3.8) is 0 Å². The summed E-state index contributed by atoms with van der Waals surface area (Å²) in [7, 11) is 0. The molecule has 0 aromatic carbocycles. The fraction of sp³-hybridized carbons (Fsp3) is 0.583. The van der Waals surface area contributed by atoms with Crippen LogP contribution in [0.4, 0.5) is 0 Å². The van der Waals surface area contributed by atoms with E-state index in [0.29, 0.717) is 0 Å². The van der Waals surface area contributed by atoms with Crippen LogP contribution in [0.25, 0.3) is 0 Å². The molecule has 0 aliphatic carbocycles. The Balaban J connectivity index is 0.00000169. The summed E-state index contributed by atoms with van der Waals surface area (Å²) in [6, 6.07) is 6.37. The maximum atomic E-state index is 2.33. The number of aromatic nitrogens is 1. The molecule has 0 atom stereocenters. The number of hydrogen-bond donors (Lipinski definition) is 0. The van der Waals surface area contributed by atoms with Crippen LogP contribution in [-0.4, -0.2) is 0 Å². The van der Waals surface area contributed by atoms with E-state index in [1.165, 1.54) is 37.9 Å². The summed E-state index contributed by atoms with van der Waals surface area (Å²) in [6.07, 6.45) is 7.52. The van der Waals surface area contributed by atoms with Crippen LogP contribution in [-0.2, 0) is 6.54 Å². The number of hydrogen-bond acceptors (Lipinski definition) is 0. The molecule has 0 radical (unpaired) electrons. The van der Waals surface area contributed by atoms with Crippen LogP contribution in [0.3, 0.4) is 0 Å². The summed E-state index contributed by atoms with van der Waals surface area (Å²) < 4.78 is 2.33. The van der Waals surface area contributed by atoms with Crippen molar-refractivity contribution in [2.75, 3.05) is 0 Å². The minimum absolute atomic E-state index is 0. The molecule has 0 fully saturated rings. The summed E-state index contributed by atoms with van der Waals surface area (Å²) in [5.74, 6) is 0. The predicted octanol–water partition coefficient (Wildman–Crippen LogP) is -0.133. The highest BCUT2D eigenvalue weighted by atomic mass is 19.0. The first-order valence-electron chi connectivity index (χ1n) is 5.29. The Bertz CT molecular complexity index is 248. The van der Waals surface area contributed by atoms with Crippen LogP contribution in [0.15, 0.2) is 24.4 Å². The molecule has 0 aliphatic rings. The largest absolute Gasteiger partial charge is 1.00 e. The first kappa shape index (κ1) is 13.1. The van der Waals surface area contributed by atoms with Crippen LogP contribution >= 0.6 is 0 Å². The molecule has 0 unspecified atom stereocenters. The smallest absolute Gasteiger partial charge is 0.178 e. The highest BCUT2D eigenvalue weighted by Crippen LogP contribution is 1.99. The third-order valence-corrected chi connectivity index (χ3v) is 2.42. The zero-order valence-electron chi connectivity index (χ0n) is 9.17. The van der Waals surface area contributed by atoms with E-state index < -0.39 is 0 Å². The van der Waals surface area contributed by atoms with Gasteiger partial charge in [0.15, 0.2) is 11.9 Å². The molecule has 1 nitrogen and oxygen atoms in total. The highest BCUT2D eigenvalue weighted by Gasteiger charge is 2.02. The van der Waals surface area contributed by atoms with E-state index in [4.69, 9.17) is 0 Å².